The van der Waals surface area contributed by atoms with E-state index >= 15 is 0 Å². The molecule has 1 amide bonds. The van der Waals surface area contributed by atoms with Gasteiger partial charge in [-0.3, -0.25) is 9.59 Å². The van der Waals surface area contributed by atoms with Crippen molar-refractivity contribution in [3.63, 3.8) is 0 Å². The highest BCUT2D eigenvalue weighted by atomic mass is 16.6. The molecule has 1 aliphatic rings. The maximum atomic E-state index is 13.7. The van der Waals surface area contributed by atoms with Crippen molar-refractivity contribution in [3.05, 3.63) is 84.4 Å². The summed E-state index contributed by atoms with van der Waals surface area (Å²) in [6, 6.07) is 19.5. The number of likely N-dealkylation sites (tertiary alicyclic amines) is 1. The van der Waals surface area contributed by atoms with Gasteiger partial charge in [0, 0.05) is 6.54 Å². The number of esters is 1. The van der Waals surface area contributed by atoms with Gasteiger partial charge in [0.2, 0.25) is 5.91 Å². The summed E-state index contributed by atoms with van der Waals surface area (Å²) in [5, 5.41) is 0. The van der Waals surface area contributed by atoms with E-state index in [1.165, 1.54) is 0 Å². The van der Waals surface area contributed by atoms with E-state index in [2.05, 4.69) is 6.58 Å². The third-order valence-electron chi connectivity index (χ3n) is 6.16. The Morgan fingerprint density at radius 2 is 1.76 bits per heavy atom. The number of allylic oxidation sites excluding steroid dienone is 1. The van der Waals surface area contributed by atoms with Gasteiger partial charge >= 0.3 is 5.97 Å². The predicted molar refractivity (Wildman–Crippen MR) is 129 cm³/mol. The minimum Gasteiger partial charge on any atom is -0.459 e. The summed E-state index contributed by atoms with van der Waals surface area (Å²) in [5.41, 5.74) is 0.325. The topological polar surface area (TPSA) is 55.8 Å². The first-order valence-corrected chi connectivity index (χ1v) is 11.5. The Balaban J connectivity index is 1.91. The Kier molecular flexibility index (Phi) is 7.75. The highest BCUT2D eigenvalue weighted by Gasteiger charge is 2.58. The van der Waals surface area contributed by atoms with Crippen LogP contribution in [0, 0.1) is 11.3 Å². The maximum absolute atomic E-state index is 13.7. The van der Waals surface area contributed by atoms with E-state index in [0.29, 0.717) is 13.0 Å². The van der Waals surface area contributed by atoms with E-state index in [4.69, 9.17) is 9.47 Å². The van der Waals surface area contributed by atoms with Crippen molar-refractivity contribution in [2.24, 2.45) is 11.3 Å². The Morgan fingerprint density at radius 1 is 1.15 bits per heavy atom. The number of rotatable bonds is 9. The number of benzene rings is 2. The zero-order valence-corrected chi connectivity index (χ0v) is 20.1. The summed E-state index contributed by atoms with van der Waals surface area (Å²) in [6.07, 6.45) is 2.04. The monoisotopic (exact) mass is 449 g/mol. The Labute approximate surface area is 197 Å². The normalized spacial score (nSPS) is 21.6. The van der Waals surface area contributed by atoms with Crippen molar-refractivity contribution in [1.82, 2.24) is 4.90 Å². The van der Waals surface area contributed by atoms with Crippen LogP contribution in [-0.2, 0) is 25.7 Å². The molecular weight excluding hydrogens is 414 g/mol. The maximum Gasteiger partial charge on any atom is 0.315 e. The van der Waals surface area contributed by atoms with E-state index in [9.17, 15) is 9.59 Å². The molecule has 1 aliphatic heterocycles. The molecule has 0 bridgehead atoms. The molecule has 3 atom stereocenters. The minimum absolute atomic E-state index is 0.0906. The van der Waals surface area contributed by atoms with Gasteiger partial charge in [0.1, 0.15) is 11.0 Å². The molecule has 0 saturated carbocycles. The molecule has 1 fully saturated rings. The molecule has 0 aliphatic carbocycles. The van der Waals surface area contributed by atoms with Gasteiger partial charge in [-0.05, 0) is 45.2 Å². The summed E-state index contributed by atoms with van der Waals surface area (Å²) >= 11 is 0. The molecule has 0 radical (unpaired) electrons. The van der Waals surface area contributed by atoms with Crippen LogP contribution in [0.2, 0.25) is 0 Å². The second kappa shape index (κ2) is 10.3. The van der Waals surface area contributed by atoms with Gasteiger partial charge in [-0.15, -0.1) is 6.58 Å². The van der Waals surface area contributed by atoms with E-state index < -0.39 is 16.9 Å². The molecule has 3 rings (SSSR count). The Bertz CT molecular complexity index is 951. The van der Waals surface area contributed by atoms with Gasteiger partial charge in [0.25, 0.3) is 0 Å². The lowest BCUT2D eigenvalue weighted by Crippen LogP contribution is -2.45. The number of hydrogen-bond donors (Lipinski definition) is 0. The minimum atomic E-state index is -1.05. The van der Waals surface area contributed by atoms with E-state index in [1.54, 1.807) is 11.0 Å². The van der Waals surface area contributed by atoms with Gasteiger partial charge in [-0.2, -0.15) is 0 Å². The second-order valence-corrected chi connectivity index (χ2v) is 9.76. The van der Waals surface area contributed by atoms with Crippen LogP contribution in [0.15, 0.2) is 73.3 Å². The molecule has 0 aromatic heterocycles. The highest BCUT2D eigenvalue weighted by Crippen LogP contribution is 2.45. The van der Waals surface area contributed by atoms with Crippen LogP contribution in [0.25, 0.3) is 0 Å². The van der Waals surface area contributed by atoms with Gasteiger partial charge in [0.05, 0.1) is 25.2 Å². The fourth-order valence-corrected chi connectivity index (χ4v) is 4.40. The van der Waals surface area contributed by atoms with Crippen LogP contribution < -0.4 is 0 Å². The smallest absolute Gasteiger partial charge is 0.315 e. The summed E-state index contributed by atoms with van der Waals surface area (Å²) in [6.45, 7) is 12.2. The summed E-state index contributed by atoms with van der Waals surface area (Å²) in [5.74, 6) is -1.12. The number of nitrogens with zero attached hydrogens (tertiary/aromatic N) is 1. The molecule has 0 N–H and O–H groups in total. The van der Waals surface area contributed by atoms with Crippen molar-refractivity contribution in [2.45, 2.75) is 52.4 Å². The molecule has 33 heavy (non-hydrogen) atoms. The third kappa shape index (κ3) is 5.72. The molecule has 5 nitrogen and oxygen atoms in total. The zero-order valence-electron chi connectivity index (χ0n) is 20.1. The van der Waals surface area contributed by atoms with Crippen molar-refractivity contribution in [1.29, 1.82) is 0 Å². The number of amides is 1. The largest absolute Gasteiger partial charge is 0.459 e. The number of ether oxygens (including phenoxy) is 2. The lowest BCUT2D eigenvalue weighted by molar-refractivity contribution is -0.171. The van der Waals surface area contributed by atoms with Crippen molar-refractivity contribution in [2.75, 3.05) is 13.2 Å². The average Bonchev–Trinajstić information content (AvgIpc) is 3.06. The van der Waals surface area contributed by atoms with Gasteiger partial charge < -0.3 is 14.4 Å². The summed E-state index contributed by atoms with van der Waals surface area (Å²) in [7, 11) is 0. The van der Waals surface area contributed by atoms with E-state index in [-0.39, 0.29) is 31.1 Å². The molecular formula is C28H35NO4. The number of carbonyl (C=O) groups excluding carboxylic acids is 2. The first-order chi connectivity index (χ1) is 15.7. The molecule has 1 saturated heterocycles. The summed E-state index contributed by atoms with van der Waals surface area (Å²) in [4.78, 5) is 29.1. The SMILES string of the molecule is C=CC[C@@]1(C(=O)OC(C)(C)C)CN([C@H](C)c2ccccc2)C(=O)[C@@H]1COCc1ccccc1. The average molecular weight is 450 g/mol. The molecule has 2 aromatic carbocycles. The molecule has 5 heteroatoms. The van der Waals surface area contributed by atoms with E-state index in [0.717, 1.165) is 11.1 Å². The number of hydrogen-bond acceptors (Lipinski definition) is 4. The van der Waals surface area contributed by atoms with Crippen LogP contribution in [0.4, 0.5) is 0 Å². The Hall–Kier alpha value is -2.92. The van der Waals surface area contributed by atoms with Crippen LogP contribution in [0.1, 0.15) is 51.3 Å². The third-order valence-corrected chi connectivity index (χ3v) is 6.16. The molecule has 1 heterocycles. The quantitative estimate of drug-likeness (QED) is 0.384. The molecule has 0 spiro atoms. The lowest BCUT2D eigenvalue weighted by Gasteiger charge is -2.34. The summed E-state index contributed by atoms with van der Waals surface area (Å²) < 4.78 is 11.8. The van der Waals surface area contributed by atoms with Crippen LogP contribution in [0.3, 0.4) is 0 Å². The second-order valence-electron chi connectivity index (χ2n) is 9.76. The first-order valence-electron chi connectivity index (χ1n) is 11.5. The highest BCUT2D eigenvalue weighted by molar-refractivity contribution is 5.92. The zero-order chi connectivity index (χ0) is 24.1. The van der Waals surface area contributed by atoms with Gasteiger partial charge in [0.15, 0.2) is 0 Å². The van der Waals surface area contributed by atoms with E-state index in [1.807, 2.05) is 88.4 Å². The van der Waals surface area contributed by atoms with Gasteiger partial charge in [-0.25, -0.2) is 0 Å². The predicted octanol–water partition coefficient (Wildman–Crippen LogP) is 5.33. The first kappa shape index (κ1) is 24.7. The van der Waals surface area contributed by atoms with Gasteiger partial charge in [-0.1, -0.05) is 66.7 Å². The molecule has 2 aromatic rings. The Morgan fingerprint density at radius 3 is 2.33 bits per heavy atom. The fraction of sp³-hybridized carbons (Fsp3) is 0.429. The number of carbonyl (C=O) groups is 2. The standard InChI is InChI=1S/C28H35NO4/c1-6-17-28(26(31)33-27(3,4)5)20-29(21(2)23-15-11-8-12-16-23)25(30)24(28)19-32-18-22-13-9-7-10-14-22/h6-16,21,24H,1,17-20H2,2-5H3/t21-,24+,28-/m1/s1. The van der Waals surface area contributed by atoms with Crippen LogP contribution in [-0.4, -0.2) is 35.5 Å². The van der Waals surface area contributed by atoms with Crippen molar-refractivity contribution < 1.29 is 19.1 Å². The van der Waals surface area contributed by atoms with Crippen LogP contribution >= 0.6 is 0 Å². The van der Waals surface area contributed by atoms with Crippen molar-refractivity contribution in [3.8, 4) is 0 Å². The lowest BCUT2D eigenvalue weighted by atomic mass is 9.75. The molecule has 0 unspecified atom stereocenters. The van der Waals surface area contributed by atoms with Crippen molar-refractivity contribution >= 4 is 11.9 Å². The molecule has 176 valence electrons. The van der Waals surface area contributed by atoms with Crippen LogP contribution in [0.5, 0.6) is 0 Å². The fourth-order valence-electron chi connectivity index (χ4n) is 4.40.